The zero-order valence-electron chi connectivity index (χ0n) is 10.8. The molecule has 0 amide bonds. The number of hydrogen-bond donors (Lipinski definition) is 1. The SMILES string of the molecule is Cc1ccc(CC(C)N(C)CCC(=O)O)cc1. The van der Waals surface area contributed by atoms with Crippen LogP contribution >= 0.6 is 0 Å². The number of carbonyl (C=O) groups is 1. The summed E-state index contributed by atoms with van der Waals surface area (Å²) in [5, 5.41) is 8.64. The minimum Gasteiger partial charge on any atom is -0.481 e. The summed E-state index contributed by atoms with van der Waals surface area (Å²) in [5.41, 5.74) is 2.56. The highest BCUT2D eigenvalue weighted by atomic mass is 16.4. The van der Waals surface area contributed by atoms with Gasteiger partial charge in [-0.2, -0.15) is 0 Å². The lowest BCUT2D eigenvalue weighted by molar-refractivity contribution is -0.137. The van der Waals surface area contributed by atoms with Crippen LogP contribution < -0.4 is 0 Å². The largest absolute Gasteiger partial charge is 0.481 e. The molecule has 0 aliphatic carbocycles. The standard InChI is InChI=1S/C14H21NO2/c1-11-4-6-13(7-5-11)10-12(2)15(3)9-8-14(16)17/h4-7,12H,8-10H2,1-3H3,(H,16,17). The lowest BCUT2D eigenvalue weighted by Crippen LogP contribution is -2.32. The average molecular weight is 235 g/mol. The van der Waals surface area contributed by atoms with E-state index in [4.69, 9.17) is 5.11 Å². The van der Waals surface area contributed by atoms with Crippen LogP contribution in [0.5, 0.6) is 0 Å². The number of likely N-dealkylation sites (N-methyl/N-ethyl adjacent to an activating group) is 1. The molecule has 1 aromatic rings. The van der Waals surface area contributed by atoms with Crippen molar-refractivity contribution in [3.63, 3.8) is 0 Å². The number of benzene rings is 1. The van der Waals surface area contributed by atoms with Gasteiger partial charge in [0.1, 0.15) is 0 Å². The molecule has 3 nitrogen and oxygen atoms in total. The Morgan fingerprint density at radius 2 is 1.94 bits per heavy atom. The molecule has 17 heavy (non-hydrogen) atoms. The van der Waals surface area contributed by atoms with E-state index < -0.39 is 5.97 Å². The van der Waals surface area contributed by atoms with E-state index in [0.29, 0.717) is 12.6 Å². The van der Waals surface area contributed by atoms with E-state index in [1.54, 1.807) is 0 Å². The lowest BCUT2D eigenvalue weighted by atomic mass is 10.0. The summed E-state index contributed by atoms with van der Waals surface area (Å²) in [6, 6.07) is 8.85. The van der Waals surface area contributed by atoms with Crippen molar-refractivity contribution in [3.05, 3.63) is 35.4 Å². The molecule has 0 aromatic heterocycles. The van der Waals surface area contributed by atoms with Crippen molar-refractivity contribution in [1.82, 2.24) is 4.90 Å². The van der Waals surface area contributed by atoms with Crippen molar-refractivity contribution in [2.45, 2.75) is 32.7 Å². The first kappa shape index (κ1) is 13.7. The molecule has 0 aliphatic heterocycles. The van der Waals surface area contributed by atoms with Crippen LogP contribution in [0.2, 0.25) is 0 Å². The summed E-state index contributed by atoms with van der Waals surface area (Å²) in [5.74, 6) is -0.737. The zero-order chi connectivity index (χ0) is 12.8. The van der Waals surface area contributed by atoms with Crippen LogP contribution in [-0.4, -0.2) is 35.6 Å². The number of rotatable bonds is 6. The molecule has 1 rings (SSSR count). The molecule has 1 atom stereocenters. The van der Waals surface area contributed by atoms with Gasteiger partial charge in [-0.3, -0.25) is 4.79 Å². The van der Waals surface area contributed by atoms with Crippen LogP contribution in [0.1, 0.15) is 24.5 Å². The van der Waals surface area contributed by atoms with Gasteiger partial charge in [-0.05, 0) is 32.9 Å². The Hall–Kier alpha value is -1.35. The van der Waals surface area contributed by atoms with E-state index in [2.05, 4.69) is 43.0 Å². The average Bonchev–Trinajstić information content (AvgIpc) is 2.28. The Morgan fingerprint density at radius 3 is 2.47 bits per heavy atom. The highest BCUT2D eigenvalue weighted by molar-refractivity contribution is 5.66. The normalized spacial score (nSPS) is 12.7. The Bertz CT molecular complexity index is 359. The van der Waals surface area contributed by atoms with Gasteiger partial charge < -0.3 is 10.0 Å². The third kappa shape index (κ3) is 5.00. The molecule has 0 aliphatic rings. The number of carboxylic acids is 1. The number of aryl methyl sites for hydroxylation is 1. The molecular weight excluding hydrogens is 214 g/mol. The summed E-state index contributed by atoms with van der Waals surface area (Å²) in [6.45, 7) is 4.80. The maximum Gasteiger partial charge on any atom is 0.304 e. The molecule has 3 heteroatoms. The molecule has 0 saturated carbocycles. The Labute approximate surface area is 103 Å². The van der Waals surface area contributed by atoms with Gasteiger partial charge in [-0.25, -0.2) is 0 Å². The number of carboxylic acid groups (broad SMARTS) is 1. The molecule has 0 spiro atoms. The van der Waals surface area contributed by atoms with Gasteiger partial charge in [-0.15, -0.1) is 0 Å². The van der Waals surface area contributed by atoms with Crippen molar-refractivity contribution in [1.29, 1.82) is 0 Å². The maximum atomic E-state index is 10.5. The predicted molar refractivity (Wildman–Crippen MR) is 69.2 cm³/mol. The molecule has 1 unspecified atom stereocenters. The van der Waals surface area contributed by atoms with E-state index >= 15 is 0 Å². The Kier molecular flexibility index (Phi) is 5.16. The molecular formula is C14H21NO2. The predicted octanol–water partition coefficient (Wildman–Crippen LogP) is 2.33. The second-order valence-corrected chi connectivity index (χ2v) is 4.66. The maximum absolute atomic E-state index is 10.5. The second-order valence-electron chi connectivity index (χ2n) is 4.66. The molecule has 0 bridgehead atoms. The first-order valence-electron chi connectivity index (χ1n) is 5.96. The Morgan fingerprint density at radius 1 is 1.35 bits per heavy atom. The van der Waals surface area contributed by atoms with Crippen LogP contribution in [-0.2, 0) is 11.2 Å². The third-order valence-corrected chi connectivity index (χ3v) is 3.08. The van der Waals surface area contributed by atoms with Gasteiger partial charge in [0, 0.05) is 12.6 Å². The van der Waals surface area contributed by atoms with Gasteiger partial charge in [0.05, 0.1) is 6.42 Å². The van der Waals surface area contributed by atoms with Gasteiger partial charge in [-0.1, -0.05) is 29.8 Å². The minimum absolute atomic E-state index is 0.203. The minimum atomic E-state index is -0.737. The molecule has 1 aromatic carbocycles. The lowest BCUT2D eigenvalue weighted by Gasteiger charge is -2.24. The summed E-state index contributed by atoms with van der Waals surface area (Å²) in [4.78, 5) is 12.6. The van der Waals surface area contributed by atoms with Crippen molar-refractivity contribution >= 4 is 5.97 Å². The zero-order valence-corrected chi connectivity index (χ0v) is 10.8. The van der Waals surface area contributed by atoms with Gasteiger partial charge in [0.15, 0.2) is 0 Å². The first-order chi connectivity index (χ1) is 7.99. The molecule has 0 fully saturated rings. The molecule has 1 N–H and O–H groups in total. The molecule has 0 heterocycles. The molecule has 0 saturated heterocycles. The number of nitrogens with zero attached hydrogens (tertiary/aromatic N) is 1. The van der Waals surface area contributed by atoms with E-state index in [0.717, 1.165) is 6.42 Å². The summed E-state index contributed by atoms with van der Waals surface area (Å²) in [7, 11) is 1.97. The fourth-order valence-corrected chi connectivity index (χ4v) is 1.71. The van der Waals surface area contributed by atoms with Gasteiger partial charge in [0.2, 0.25) is 0 Å². The monoisotopic (exact) mass is 235 g/mol. The fourth-order valence-electron chi connectivity index (χ4n) is 1.71. The van der Waals surface area contributed by atoms with Crippen LogP contribution in [0.3, 0.4) is 0 Å². The smallest absolute Gasteiger partial charge is 0.304 e. The van der Waals surface area contributed by atoms with Crippen LogP contribution in [0.25, 0.3) is 0 Å². The van der Waals surface area contributed by atoms with Crippen molar-refractivity contribution in [2.75, 3.05) is 13.6 Å². The van der Waals surface area contributed by atoms with E-state index in [-0.39, 0.29) is 6.42 Å². The highest BCUT2D eigenvalue weighted by Crippen LogP contribution is 2.09. The summed E-state index contributed by atoms with van der Waals surface area (Å²) in [6.07, 6.45) is 1.16. The third-order valence-electron chi connectivity index (χ3n) is 3.08. The van der Waals surface area contributed by atoms with Crippen molar-refractivity contribution in [3.8, 4) is 0 Å². The second kappa shape index (κ2) is 6.40. The summed E-state index contributed by atoms with van der Waals surface area (Å²) < 4.78 is 0. The van der Waals surface area contributed by atoms with Crippen LogP contribution in [0, 0.1) is 6.92 Å². The van der Waals surface area contributed by atoms with E-state index in [9.17, 15) is 4.79 Å². The fraction of sp³-hybridized carbons (Fsp3) is 0.500. The first-order valence-corrected chi connectivity index (χ1v) is 5.96. The number of aliphatic carboxylic acids is 1. The quantitative estimate of drug-likeness (QED) is 0.822. The van der Waals surface area contributed by atoms with Crippen LogP contribution in [0.15, 0.2) is 24.3 Å². The topological polar surface area (TPSA) is 40.5 Å². The van der Waals surface area contributed by atoms with Gasteiger partial charge in [0.25, 0.3) is 0 Å². The summed E-state index contributed by atoms with van der Waals surface area (Å²) >= 11 is 0. The van der Waals surface area contributed by atoms with Gasteiger partial charge >= 0.3 is 5.97 Å². The van der Waals surface area contributed by atoms with E-state index in [1.165, 1.54) is 11.1 Å². The molecule has 0 radical (unpaired) electrons. The molecule has 94 valence electrons. The highest BCUT2D eigenvalue weighted by Gasteiger charge is 2.11. The number of hydrogen-bond acceptors (Lipinski definition) is 2. The van der Waals surface area contributed by atoms with Crippen molar-refractivity contribution in [2.24, 2.45) is 0 Å². The Balaban J connectivity index is 2.45. The van der Waals surface area contributed by atoms with E-state index in [1.807, 2.05) is 7.05 Å². The van der Waals surface area contributed by atoms with Crippen molar-refractivity contribution < 1.29 is 9.90 Å². The van der Waals surface area contributed by atoms with Crippen LogP contribution in [0.4, 0.5) is 0 Å².